The highest BCUT2D eigenvalue weighted by atomic mass is 32.2. The van der Waals surface area contributed by atoms with E-state index in [2.05, 4.69) is 4.98 Å². The molecule has 0 aliphatic heterocycles. The third kappa shape index (κ3) is 3.88. The lowest BCUT2D eigenvalue weighted by Crippen LogP contribution is -2.30. The number of sulfonamides is 1. The van der Waals surface area contributed by atoms with Crippen molar-refractivity contribution in [1.29, 1.82) is 0 Å². The Morgan fingerprint density at radius 2 is 1.68 bits per heavy atom. The number of rotatable bonds is 6. The maximum atomic E-state index is 12.4. The van der Waals surface area contributed by atoms with E-state index in [1.165, 1.54) is 27.8 Å². The topological polar surface area (TPSA) is 50.3 Å². The highest BCUT2D eigenvalue weighted by molar-refractivity contribution is 7.99. The van der Waals surface area contributed by atoms with Gasteiger partial charge in [0.15, 0.2) is 0 Å². The summed E-state index contributed by atoms with van der Waals surface area (Å²) in [6.45, 7) is 6.61. The zero-order chi connectivity index (χ0) is 16.2. The molecule has 0 bridgehead atoms. The van der Waals surface area contributed by atoms with Crippen LogP contribution in [0, 0.1) is 6.92 Å². The second kappa shape index (κ2) is 7.26. The van der Waals surface area contributed by atoms with Crippen molar-refractivity contribution in [3.05, 3.63) is 48.2 Å². The maximum Gasteiger partial charge on any atom is 0.244 e. The van der Waals surface area contributed by atoms with Crippen LogP contribution in [0.2, 0.25) is 0 Å². The average Bonchev–Trinajstić information content (AvgIpc) is 2.51. The SMILES string of the molecule is CCN(CC)S(=O)(=O)c1ccc(Sc2ccc(C)cc2)nc1. The molecule has 2 rings (SSSR count). The van der Waals surface area contributed by atoms with Crippen molar-refractivity contribution in [3.8, 4) is 0 Å². The van der Waals surface area contributed by atoms with E-state index in [1.807, 2.05) is 45.0 Å². The van der Waals surface area contributed by atoms with Crippen LogP contribution in [0.1, 0.15) is 19.4 Å². The van der Waals surface area contributed by atoms with Crippen molar-refractivity contribution in [3.63, 3.8) is 0 Å². The van der Waals surface area contributed by atoms with Crippen LogP contribution in [0.3, 0.4) is 0 Å². The molecule has 0 radical (unpaired) electrons. The third-order valence-electron chi connectivity index (χ3n) is 3.30. The van der Waals surface area contributed by atoms with Crippen LogP contribution in [0.25, 0.3) is 0 Å². The van der Waals surface area contributed by atoms with Crippen LogP contribution in [0.4, 0.5) is 0 Å². The molecule has 0 fully saturated rings. The van der Waals surface area contributed by atoms with E-state index in [9.17, 15) is 8.42 Å². The van der Waals surface area contributed by atoms with Crippen LogP contribution >= 0.6 is 11.8 Å². The van der Waals surface area contributed by atoms with Gasteiger partial charge in [0.1, 0.15) is 9.92 Å². The maximum absolute atomic E-state index is 12.4. The van der Waals surface area contributed by atoms with Crippen molar-refractivity contribution < 1.29 is 8.42 Å². The molecule has 1 aromatic heterocycles. The molecule has 4 nitrogen and oxygen atoms in total. The minimum Gasteiger partial charge on any atom is -0.248 e. The summed E-state index contributed by atoms with van der Waals surface area (Å²) < 4.78 is 26.2. The van der Waals surface area contributed by atoms with E-state index in [1.54, 1.807) is 12.1 Å². The van der Waals surface area contributed by atoms with E-state index >= 15 is 0 Å². The molecule has 0 atom stereocenters. The number of aromatic nitrogens is 1. The van der Waals surface area contributed by atoms with Crippen molar-refractivity contribution in [2.75, 3.05) is 13.1 Å². The Morgan fingerprint density at radius 1 is 1.05 bits per heavy atom. The predicted octanol–water partition coefficient (Wildman–Crippen LogP) is 3.57. The quantitative estimate of drug-likeness (QED) is 0.809. The number of hydrogen-bond donors (Lipinski definition) is 0. The molecular weight excluding hydrogens is 316 g/mol. The lowest BCUT2D eigenvalue weighted by molar-refractivity contribution is 0.445. The first-order valence-corrected chi connectivity index (χ1v) is 9.43. The fourth-order valence-electron chi connectivity index (χ4n) is 2.02. The highest BCUT2D eigenvalue weighted by Gasteiger charge is 2.21. The molecule has 22 heavy (non-hydrogen) atoms. The van der Waals surface area contributed by atoms with Crippen LogP contribution in [0.5, 0.6) is 0 Å². The Morgan fingerprint density at radius 3 is 2.18 bits per heavy atom. The van der Waals surface area contributed by atoms with Crippen LogP contribution < -0.4 is 0 Å². The van der Waals surface area contributed by atoms with Gasteiger partial charge in [0.25, 0.3) is 0 Å². The van der Waals surface area contributed by atoms with Gasteiger partial charge in [-0.15, -0.1) is 0 Å². The Kier molecular flexibility index (Phi) is 5.61. The van der Waals surface area contributed by atoms with Gasteiger partial charge in [-0.1, -0.05) is 43.3 Å². The van der Waals surface area contributed by atoms with Gasteiger partial charge in [0.2, 0.25) is 10.0 Å². The van der Waals surface area contributed by atoms with Crippen molar-refractivity contribution in [2.24, 2.45) is 0 Å². The molecule has 2 aromatic rings. The first kappa shape index (κ1) is 17.0. The number of pyridine rings is 1. The molecule has 1 heterocycles. The molecule has 0 amide bonds. The Labute approximate surface area is 136 Å². The van der Waals surface area contributed by atoms with E-state index in [4.69, 9.17) is 0 Å². The molecular formula is C16H20N2O2S2. The fourth-order valence-corrected chi connectivity index (χ4v) is 4.18. The van der Waals surface area contributed by atoms with Gasteiger partial charge in [0.05, 0.1) is 0 Å². The van der Waals surface area contributed by atoms with Gasteiger partial charge in [-0.25, -0.2) is 13.4 Å². The Bertz CT molecular complexity index is 707. The molecule has 6 heteroatoms. The van der Waals surface area contributed by atoms with Gasteiger partial charge in [-0.2, -0.15) is 4.31 Å². The fraction of sp³-hybridized carbons (Fsp3) is 0.312. The lowest BCUT2D eigenvalue weighted by Gasteiger charge is -2.18. The minimum absolute atomic E-state index is 0.240. The Hall–Kier alpha value is -1.37. The zero-order valence-electron chi connectivity index (χ0n) is 13.0. The van der Waals surface area contributed by atoms with Crippen LogP contribution in [0.15, 0.2) is 57.4 Å². The van der Waals surface area contributed by atoms with Gasteiger partial charge in [0, 0.05) is 24.2 Å². The monoisotopic (exact) mass is 336 g/mol. The van der Waals surface area contributed by atoms with Gasteiger partial charge in [-0.05, 0) is 31.2 Å². The summed E-state index contributed by atoms with van der Waals surface area (Å²) in [5.74, 6) is 0. The highest BCUT2D eigenvalue weighted by Crippen LogP contribution is 2.27. The summed E-state index contributed by atoms with van der Waals surface area (Å²) in [4.78, 5) is 5.59. The number of aryl methyl sites for hydroxylation is 1. The van der Waals surface area contributed by atoms with Gasteiger partial charge >= 0.3 is 0 Å². The van der Waals surface area contributed by atoms with Crippen LogP contribution in [-0.2, 0) is 10.0 Å². The third-order valence-corrected chi connectivity index (χ3v) is 6.29. The average molecular weight is 336 g/mol. The van der Waals surface area contributed by atoms with Gasteiger partial charge in [-0.3, -0.25) is 0 Å². The molecule has 0 saturated heterocycles. The molecule has 0 saturated carbocycles. The summed E-state index contributed by atoms with van der Waals surface area (Å²) in [7, 11) is -3.43. The Balaban J connectivity index is 2.18. The van der Waals surface area contributed by atoms with E-state index < -0.39 is 10.0 Å². The molecule has 0 aliphatic carbocycles. The van der Waals surface area contributed by atoms with E-state index in [0.29, 0.717) is 13.1 Å². The summed E-state index contributed by atoms with van der Waals surface area (Å²) >= 11 is 1.52. The zero-order valence-corrected chi connectivity index (χ0v) is 14.6. The number of benzene rings is 1. The first-order valence-electron chi connectivity index (χ1n) is 7.18. The summed E-state index contributed by atoms with van der Waals surface area (Å²) in [6, 6.07) is 11.5. The van der Waals surface area contributed by atoms with Crippen molar-refractivity contribution >= 4 is 21.8 Å². The summed E-state index contributed by atoms with van der Waals surface area (Å²) in [5, 5.41) is 0.780. The number of hydrogen-bond acceptors (Lipinski definition) is 4. The molecule has 0 N–H and O–H groups in total. The largest absolute Gasteiger partial charge is 0.248 e. The molecule has 0 spiro atoms. The molecule has 0 unspecified atom stereocenters. The van der Waals surface area contributed by atoms with Crippen LogP contribution in [-0.4, -0.2) is 30.8 Å². The van der Waals surface area contributed by atoms with E-state index in [-0.39, 0.29) is 4.90 Å². The second-order valence-electron chi connectivity index (χ2n) is 4.84. The normalized spacial score (nSPS) is 11.8. The standard InChI is InChI=1S/C16H20N2O2S2/c1-4-18(5-2)22(19,20)15-10-11-16(17-12-15)21-14-8-6-13(3)7-9-14/h6-12H,4-5H2,1-3H3. The molecule has 118 valence electrons. The minimum atomic E-state index is -3.43. The predicted molar refractivity (Wildman–Crippen MR) is 89.6 cm³/mol. The van der Waals surface area contributed by atoms with Crippen molar-refractivity contribution in [2.45, 2.75) is 35.6 Å². The smallest absolute Gasteiger partial charge is 0.244 e. The molecule has 1 aromatic carbocycles. The molecule has 0 aliphatic rings. The van der Waals surface area contributed by atoms with E-state index in [0.717, 1.165) is 9.92 Å². The van der Waals surface area contributed by atoms with Gasteiger partial charge < -0.3 is 0 Å². The van der Waals surface area contributed by atoms with Crippen molar-refractivity contribution in [1.82, 2.24) is 9.29 Å². The summed E-state index contributed by atoms with van der Waals surface area (Å²) in [5.41, 5.74) is 1.21. The second-order valence-corrected chi connectivity index (χ2v) is 7.87. The number of nitrogens with zero attached hydrogens (tertiary/aromatic N) is 2. The first-order chi connectivity index (χ1) is 10.5. The lowest BCUT2D eigenvalue weighted by atomic mass is 10.2. The summed E-state index contributed by atoms with van der Waals surface area (Å²) in [6.07, 6.45) is 1.43.